The molecule has 2 aliphatic rings. The van der Waals surface area contributed by atoms with E-state index in [1.54, 1.807) is 12.1 Å². The van der Waals surface area contributed by atoms with Gasteiger partial charge in [-0.15, -0.1) is 0 Å². The molecule has 1 fully saturated rings. The van der Waals surface area contributed by atoms with Gasteiger partial charge in [0.1, 0.15) is 4.90 Å². The molecule has 7 nitrogen and oxygen atoms in total. The molecule has 1 saturated heterocycles. The standard InChI is InChI=1S/C26H26ClIN4O3S/c1-29-10-12-30(13-11-29)23-15-21(27)16-24-25(23)36(34,35)32(18-20-8-5-9-22(28)14-20)26(33)31(24)17-19-6-3-2-4-7-19/h2-9,14-16H,10-13,17-18H2,1H3. The van der Waals surface area contributed by atoms with E-state index in [-0.39, 0.29) is 18.0 Å². The topological polar surface area (TPSA) is 64.2 Å². The molecule has 0 spiro atoms. The molecule has 0 aromatic heterocycles. The number of sulfonamides is 1. The fourth-order valence-corrected chi connectivity index (χ4v) is 7.18. The summed E-state index contributed by atoms with van der Waals surface area (Å²) in [7, 11) is -2.11. The van der Waals surface area contributed by atoms with Gasteiger partial charge in [0.2, 0.25) is 0 Å². The molecule has 0 unspecified atom stereocenters. The van der Waals surface area contributed by atoms with Gasteiger partial charge in [-0.2, -0.15) is 0 Å². The summed E-state index contributed by atoms with van der Waals surface area (Å²) >= 11 is 8.72. The molecule has 0 atom stereocenters. The number of halogens is 2. The van der Waals surface area contributed by atoms with E-state index in [4.69, 9.17) is 11.6 Å². The van der Waals surface area contributed by atoms with Crippen LogP contribution in [-0.4, -0.2) is 56.9 Å². The minimum Gasteiger partial charge on any atom is -0.368 e. The van der Waals surface area contributed by atoms with Crippen molar-refractivity contribution in [2.45, 2.75) is 18.0 Å². The van der Waals surface area contributed by atoms with Crippen LogP contribution in [0.3, 0.4) is 0 Å². The van der Waals surface area contributed by atoms with Gasteiger partial charge in [-0.3, -0.25) is 4.90 Å². The van der Waals surface area contributed by atoms with Crippen LogP contribution in [0.1, 0.15) is 11.1 Å². The average Bonchev–Trinajstić information content (AvgIpc) is 2.85. The third-order valence-corrected chi connectivity index (χ3v) is 9.23. The number of carbonyl (C=O) groups excluding carboxylic acids is 1. The number of carbonyl (C=O) groups is 1. The number of piperazine rings is 1. The number of nitrogens with zero attached hydrogens (tertiary/aromatic N) is 4. The highest BCUT2D eigenvalue weighted by atomic mass is 127. The van der Waals surface area contributed by atoms with Crippen molar-refractivity contribution in [1.82, 2.24) is 9.21 Å². The third kappa shape index (κ3) is 4.93. The van der Waals surface area contributed by atoms with Crippen molar-refractivity contribution in [3.05, 3.63) is 86.4 Å². The second-order valence-corrected chi connectivity index (χ2v) is 12.5. The van der Waals surface area contributed by atoms with Crippen molar-refractivity contribution in [2.75, 3.05) is 43.0 Å². The number of hydrogen-bond acceptors (Lipinski definition) is 5. The van der Waals surface area contributed by atoms with Crippen molar-refractivity contribution < 1.29 is 13.2 Å². The first-order valence-electron chi connectivity index (χ1n) is 11.6. The summed E-state index contributed by atoms with van der Waals surface area (Å²) in [6.45, 7) is 3.13. The minimum absolute atomic E-state index is 0.0481. The van der Waals surface area contributed by atoms with Gasteiger partial charge in [0.15, 0.2) is 0 Å². The molecule has 0 aliphatic carbocycles. The van der Waals surface area contributed by atoms with Crippen LogP contribution in [0, 0.1) is 3.57 Å². The summed E-state index contributed by atoms with van der Waals surface area (Å²) in [6.07, 6.45) is 0. The highest BCUT2D eigenvalue weighted by molar-refractivity contribution is 14.1. The molecule has 5 rings (SSSR count). The Balaban J connectivity index is 1.66. The van der Waals surface area contributed by atoms with Gasteiger partial charge in [0.05, 0.1) is 24.5 Å². The number of amides is 2. The Morgan fingerprint density at radius 2 is 1.53 bits per heavy atom. The Bertz CT molecular complexity index is 1400. The maximum atomic E-state index is 14.1. The lowest BCUT2D eigenvalue weighted by atomic mass is 10.1. The van der Waals surface area contributed by atoms with Gasteiger partial charge in [-0.05, 0) is 65.0 Å². The van der Waals surface area contributed by atoms with Crippen LogP contribution in [0.25, 0.3) is 0 Å². The average molecular weight is 637 g/mol. The molecule has 0 saturated carbocycles. The van der Waals surface area contributed by atoms with Crippen LogP contribution in [0.2, 0.25) is 5.02 Å². The Hall–Kier alpha value is -2.34. The molecule has 3 aromatic carbocycles. The number of fused-ring (bicyclic) bond motifs is 1. The second kappa shape index (κ2) is 10.2. The van der Waals surface area contributed by atoms with Crippen molar-refractivity contribution in [3.8, 4) is 0 Å². The zero-order chi connectivity index (χ0) is 25.4. The van der Waals surface area contributed by atoms with Crippen molar-refractivity contribution in [1.29, 1.82) is 0 Å². The summed E-state index contributed by atoms with van der Waals surface area (Å²) in [5.74, 6) is 0. The molecule has 36 heavy (non-hydrogen) atoms. The van der Waals surface area contributed by atoms with Crippen molar-refractivity contribution in [3.63, 3.8) is 0 Å². The Kier molecular flexibility index (Phi) is 7.17. The molecule has 0 radical (unpaired) electrons. The van der Waals surface area contributed by atoms with Gasteiger partial charge in [-0.25, -0.2) is 17.5 Å². The zero-order valence-electron chi connectivity index (χ0n) is 19.8. The van der Waals surface area contributed by atoms with Gasteiger partial charge < -0.3 is 9.80 Å². The number of hydrogen-bond donors (Lipinski definition) is 0. The first-order chi connectivity index (χ1) is 17.2. The summed E-state index contributed by atoms with van der Waals surface area (Å²) in [5, 5.41) is 0.398. The highest BCUT2D eigenvalue weighted by Gasteiger charge is 2.44. The summed E-state index contributed by atoms with van der Waals surface area (Å²) in [6, 6.07) is 19.8. The SMILES string of the molecule is CN1CCN(c2cc(Cl)cc3c2S(=O)(=O)N(Cc2cccc(I)c2)C(=O)N3Cc2ccccc2)CC1. The number of anilines is 2. The molecule has 2 amide bonds. The smallest absolute Gasteiger partial charge is 0.339 e. The predicted octanol–water partition coefficient (Wildman–Crippen LogP) is 5.03. The first-order valence-corrected chi connectivity index (χ1v) is 14.5. The van der Waals surface area contributed by atoms with Gasteiger partial charge in [0, 0.05) is 34.8 Å². The number of urea groups is 1. The van der Waals surface area contributed by atoms with E-state index in [0.717, 1.165) is 32.1 Å². The van der Waals surface area contributed by atoms with Gasteiger partial charge in [-0.1, -0.05) is 54.1 Å². The van der Waals surface area contributed by atoms with E-state index in [0.29, 0.717) is 29.5 Å². The van der Waals surface area contributed by atoms with Crippen LogP contribution < -0.4 is 9.80 Å². The molecule has 0 N–H and O–H groups in total. The van der Waals surface area contributed by atoms with E-state index in [1.165, 1.54) is 4.90 Å². The van der Waals surface area contributed by atoms with Crippen LogP contribution in [0.4, 0.5) is 16.2 Å². The van der Waals surface area contributed by atoms with Crippen LogP contribution in [0.15, 0.2) is 71.6 Å². The maximum absolute atomic E-state index is 14.1. The van der Waals surface area contributed by atoms with Crippen LogP contribution in [-0.2, 0) is 23.1 Å². The Labute approximate surface area is 230 Å². The van der Waals surface area contributed by atoms with Gasteiger partial charge >= 0.3 is 6.03 Å². The largest absolute Gasteiger partial charge is 0.368 e. The fraction of sp³-hybridized carbons (Fsp3) is 0.269. The lowest BCUT2D eigenvalue weighted by Crippen LogP contribution is -2.51. The molecule has 0 bridgehead atoms. The van der Waals surface area contributed by atoms with E-state index in [2.05, 4.69) is 32.4 Å². The monoisotopic (exact) mass is 636 g/mol. The maximum Gasteiger partial charge on any atom is 0.339 e. The molecule has 188 valence electrons. The molecular formula is C26H26ClIN4O3S. The molecule has 10 heteroatoms. The molecule has 3 aromatic rings. The van der Waals surface area contributed by atoms with E-state index < -0.39 is 16.1 Å². The second-order valence-electron chi connectivity index (χ2n) is 9.06. The highest BCUT2D eigenvalue weighted by Crippen LogP contribution is 2.44. The van der Waals surface area contributed by atoms with Crippen LogP contribution in [0.5, 0.6) is 0 Å². The van der Waals surface area contributed by atoms with Crippen molar-refractivity contribution in [2.24, 2.45) is 0 Å². The Morgan fingerprint density at radius 1 is 0.861 bits per heavy atom. The van der Waals surface area contributed by atoms with Crippen LogP contribution >= 0.6 is 34.2 Å². The summed E-state index contributed by atoms with van der Waals surface area (Å²) in [4.78, 5) is 19.8. The zero-order valence-corrected chi connectivity index (χ0v) is 23.5. The molecule has 2 heterocycles. The normalized spacial score (nSPS) is 17.9. The summed E-state index contributed by atoms with van der Waals surface area (Å²) in [5.41, 5.74) is 2.51. The Morgan fingerprint density at radius 3 is 2.22 bits per heavy atom. The number of benzene rings is 3. The van der Waals surface area contributed by atoms with E-state index in [9.17, 15) is 13.2 Å². The van der Waals surface area contributed by atoms with E-state index >= 15 is 0 Å². The molecular weight excluding hydrogens is 611 g/mol. The predicted molar refractivity (Wildman–Crippen MR) is 151 cm³/mol. The fourth-order valence-electron chi connectivity index (χ4n) is 4.64. The lowest BCUT2D eigenvalue weighted by Gasteiger charge is -2.40. The van der Waals surface area contributed by atoms with Gasteiger partial charge in [0.25, 0.3) is 10.0 Å². The summed E-state index contributed by atoms with van der Waals surface area (Å²) < 4.78 is 30.2. The minimum atomic E-state index is -4.15. The number of rotatable bonds is 5. The van der Waals surface area contributed by atoms with Crippen molar-refractivity contribution >= 4 is 61.6 Å². The number of likely N-dealkylation sites (N-methyl/N-ethyl adjacent to an activating group) is 1. The van der Waals surface area contributed by atoms with E-state index in [1.807, 2.05) is 61.6 Å². The quantitative estimate of drug-likeness (QED) is 0.368. The third-order valence-electron chi connectivity index (χ3n) is 6.54. The lowest BCUT2D eigenvalue weighted by molar-refractivity contribution is 0.226. The molecule has 2 aliphatic heterocycles. The first kappa shape index (κ1) is 25.3.